The van der Waals surface area contributed by atoms with Gasteiger partial charge in [-0.2, -0.15) is 18.4 Å². The number of carbonyl (C=O) groups excluding carboxylic acids is 1. The zero-order chi connectivity index (χ0) is 33.6. The van der Waals surface area contributed by atoms with Gasteiger partial charge in [-0.25, -0.2) is 17.6 Å². The van der Waals surface area contributed by atoms with Gasteiger partial charge in [-0.05, 0) is 24.3 Å². The van der Waals surface area contributed by atoms with Crippen LogP contribution in [0.4, 0.5) is 39.5 Å². The third-order valence-corrected chi connectivity index (χ3v) is 7.62. The Morgan fingerprint density at radius 3 is 2.27 bits per heavy atom. The van der Waals surface area contributed by atoms with E-state index in [1.807, 2.05) is 6.07 Å². The highest BCUT2D eigenvalue weighted by atomic mass is 35.5. The van der Waals surface area contributed by atoms with Gasteiger partial charge < -0.3 is 19.2 Å². The first-order chi connectivity index (χ1) is 20.8. The number of rotatable bonds is 5. The van der Waals surface area contributed by atoms with E-state index in [9.17, 15) is 44.3 Å². The Hall–Kier alpha value is -4.32. The quantitative estimate of drug-likeness (QED) is 0.168. The molecule has 5 rings (SSSR count). The second kappa shape index (κ2) is 11.9. The van der Waals surface area contributed by atoms with E-state index in [1.165, 1.54) is 26.1 Å². The molecule has 45 heavy (non-hydrogen) atoms. The molecule has 0 spiro atoms. The largest absolute Gasteiger partial charge is 0.586 e. The Morgan fingerprint density at radius 1 is 1.07 bits per heavy atom. The number of fused-ring (bicyclic) bond motifs is 1. The smallest absolute Gasteiger partial charge is 0.460 e. The monoisotopic (exact) mass is 666 g/mol. The summed E-state index contributed by atoms with van der Waals surface area (Å²) in [5.74, 6) is -9.78. The molecule has 2 atom stereocenters. The zero-order valence-electron chi connectivity index (χ0n) is 23.2. The van der Waals surface area contributed by atoms with Gasteiger partial charge in [0.1, 0.15) is 17.7 Å². The number of alkyl halides is 5. The van der Waals surface area contributed by atoms with Gasteiger partial charge >= 0.3 is 18.4 Å². The van der Waals surface area contributed by atoms with Crippen LogP contribution in [0, 0.1) is 58.8 Å². The molecule has 2 aromatic carbocycles. The number of nitrogens with one attached hydrogen (secondary N) is 1. The van der Waals surface area contributed by atoms with Crippen molar-refractivity contribution in [3.05, 3.63) is 81.7 Å². The highest BCUT2D eigenvalue weighted by Gasteiger charge is 2.62. The molecular formula is C29H20ClF9N2O4. The lowest BCUT2D eigenvalue weighted by Gasteiger charge is -2.10. The maximum atomic E-state index is 13.8. The maximum Gasteiger partial charge on any atom is 0.586 e. The van der Waals surface area contributed by atoms with E-state index in [4.69, 9.17) is 21.6 Å². The van der Waals surface area contributed by atoms with Gasteiger partial charge in [0.15, 0.2) is 34.8 Å². The molecule has 1 N–H and O–H groups in total. The molecule has 0 radical (unpaired) electrons. The Morgan fingerprint density at radius 2 is 1.69 bits per heavy atom. The molecule has 1 aromatic heterocycles. The molecule has 16 heteroatoms. The van der Waals surface area contributed by atoms with Crippen LogP contribution in [0.25, 0.3) is 11.1 Å². The van der Waals surface area contributed by atoms with Crippen LogP contribution >= 0.6 is 11.6 Å². The molecule has 1 aliphatic carbocycles. The number of para-hydroxylation sites is 1. The van der Waals surface area contributed by atoms with Crippen LogP contribution in [0.5, 0.6) is 11.5 Å². The summed E-state index contributed by atoms with van der Waals surface area (Å²) >= 11 is 5.15. The average molecular weight is 667 g/mol. The first-order valence-corrected chi connectivity index (χ1v) is 13.1. The molecule has 3 aromatic rings. The second-order valence-electron chi connectivity index (χ2n) is 10.5. The Labute approximate surface area is 253 Å². The number of aromatic nitrogens is 1. The first-order valence-electron chi connectivity index (χ1n) is 12.7. The van der Waals surface area contributed by atoms with E-state index >= 15 is 0 Å². The number of allylic oxidation sites excluding steroid dienone is 2. The second-order valence-corrected chi connectivity index (χ2v) is 10.9. The van der Waals surface area contributed by atoms with E-state index < -0.39 is 81.7 Å². The van der Waals surface area contributed by atoms with E-state index in [0.717, 1.165) is 6.92 Å². The van der Waals surface area contributed by atoms with E-state index in [2.05, 4.69) is 14.5 Å². The number of carbonyl (C=O) groups is 1. The van der Waals surface area contributed by atoms with Crippen LogP contribution in [-0.2, 0) is 16.1 Å². The molecule has 0 amide bonds. The summed E-state index contributed by atoms with van der Waals surface area (Å²) in [6.07, 6.45) is -4.74. The Bertz CT molecular complexity index is 1700. The fraction of sp³-hybridized carbons (Fsp3) is 0.310. The van der Waals surface area contributed by atoms with Gasteiger partial charge in [-0.3, -0.25) is 4.79 Å². The molecular weight excluding hydrogens is 647 g/mol. The van der Waals surface area contributed by atoms with Crippen molar-refractivity contribution >= 4 is 17.6 Å². The SMILES string of the molecule is Cc1c(F)c(F)c(COC(=O)C2C(/C=C(\Cl)C(F)(F)F)C2(C)C)c(F)c1F.N#Cc1c[nH]cc1-c1cccc2c1OC(F)(F)O2. The first kappa shape index (κ1) is 33.6. The van der Waals surface area contributed by atoms with Gasteiger partial charge in [0.05, 0.1) is 17.0 Å². The fourth-order valence-corrected chi connectivity index (χ4v) is 4.83. The molecule has 2 heterocycles. The Kier molecular flexibility index (Phi) is 8.87. The minimum Gasteiger partial charge on any atom is -0.460 e. The predicted molar refractivity (Wildman–Crippen MR) is 139 cm³/mol. The van der Waals surface area contributed by atoms with Crippen molar-refractivity contribution in [2.75, 3.05) is 0 Å². The summed E-state index contributed by atoms with van der Waals surface area (Å²) < 4.78 is 132. The number of nitriles is 1. The number of nitrogens with zero attached hydrogens (tertiary/aromatic N) is 1. The van der Waals surface area contributed by atoms with Crippen LogP contribution in [0.1, 0.15) is 30.5 Å². The summed E-state index contributed by atoms with van der Waals surface area (Å²) in [4.78, 5) is 14.8. The van der Waals surface area contributed by atoms with Crippen LogP contribution in [0.3, 0.4) is 0 Å². The van der Waals surface area contributed by atoms with Crippen molar-refractivity contribution in [3.63, 3.8) is 0 Å². The summed E-state index contributed by atoms with van der Waals surface area (Å²) in [7, 11) is 0. The number of aromatic amines is 1. The number of esters is 1. The summed E-state index contributed by atoms with van der Waals surface area (Å²) in [6, 6.07) is 6.51. The molecule has 240 valence electrons. The van der Waals surface area contributed by atoms with E-state index in [0.29, 0.717) is 22.8 Å². The van der Waals surface area contributed by atoms with Crippen molar-refractivity contribution in [3.8, 4) is 28.7 Å². The van der Waals surface area contributed by atoms with Gasteiger partial charge in [-0.1, -0.05) is 43.7 Å². The molecule has 0 bridgehead atoms. The van der Waals surface area contributed by atoms with Gasteiger partial charge in [0.2, 0.25) is 0 Å². The minimum absolute atomic E-state index is 0.0393. The number of hydrogen-bond donors (Lipinski definition) is 1. The zero-order valence-corrected chi connectivity index (χ0v) is 23.9. The van der Waals surface area contributed by atoms with Crippen LogP contribution in [-0.4, -0.2) is 23.4 Å². The van der Waals surface area contributed by atoms with Crippen molar-refractivity contribution in [1.82, 2.24) is 4.98 Å². The van der Waals surface area contributed by atoms with Crippen molar-refractivity contribution in [2.24, 2.45) is 17.3 Å². The number of halogens is 10. The topological polar surface area (TPSA) is 84.3 Å². The highest BCUT2D eigenvalue weighted by molar-refractivity contribution is 6.30. The van der Waals surface area contributed by atoms with Crippen molar-refractivity contribution < 1.29 is 58.5 Å². The van der Waals surface area contributed by atoms with Crippen LogP contribution in [0.15, 0.2) is 41.7 Å². The number of benzene rings is 2. The highest BCUT2D eigenvalue weighted by Crippen LogP contribution is 2.60. The summed E-state index contributed by atoms with van der Waals surface area (Å²) in [5, 5.41) is 7.52. The van der Waals surface area contributed by atoms with Gasteiger partial charge in [0.25, 0.3) is 0 Å². The predicted octanol–water partition coefficient (Wildman–Crippen LogP) is 8.43. The lowest BCUT2D eigenvalue weighted by molar-refractivity contribution is -0.286. The molecule has 1 fully saturated rings. The average Bonchev–Trinajstić information content (AvgIpc) is 3.28. The molecule has 0 saturated heterocycles. The minimum atomic E-state index is -4.78. The summed E-state index contributed by atoms with van der Waals surface area (Å²) in [6.45, 7) is 2.68. The van der Waals surface area contributed by atoms with Crippen LogP contribution < -0.4 is 9.47 Å². The number of hydrogen-bond acceptors (Lipinski definition) is 5. The van der Waals surface area contributed by atoms with Gasteiger partial charge in [-0.15, -0.1) is 8.78 Å². The van der Waals surface area contributed by atoms with Crippen molar-refractivity contribution in [2.45, 2.75) is 39.8 Å². The lowest BCUT2D eigenvalue weighted by Crippen LogP contribution is -2.26. The standard InChI is InChI=1S/C17H14ClF7O2.C12H6F2N2O2/c1-6-11(19)13(21)7(14(22)12(6)20)5-27-15(26)10-8(16(10,2)3)4-9(18)17(23,24)25;13-12(14)17-10-3-1-2-8(11(10)18-12)9-6-16-5-7(9)4-15/h4,8,10H,5H2,1-3H3;1-3,5-6,16H/b9-4-;. The van der Waals surface area contributed by atoms with E-state index in [1.54, 1.807) is 18.3 Å². The molecule has 1 saturated carbocycles. The summed E-state index contributed by atoms with van der Waals surface area (Å²) in [5.41, 5.74) is -1.69. The lowest BCUT2D eigenvalue weighted by atomic mass is 10.0. The third-order valence-electron chi connectivity index (χ3n) is 7.28. The third kappa shape index (κ3) is 6.56. The van der Waals surface area contributed by atoms with Crippen LogP contribution in [0.2, 0.25) is 0 Å². The van der Waals surface area contributed by atoms with Crippen molar-refractivity contribution in [1.29, 1.82) is 5.26 Å². The maximum absolute atomic E-state index is 13.8. The molecule has 6 nitrogen and oxygen atoms in total. The number of ether oxygens (including phenoxy) is 3. The number of H-pyrrole nitrogens is 1. The normalized spacial score (nSPS) is 19.3. The molecule has 1 aliphatic heterocycles. The van der Waals surface area contributed by atoms with E-state index in [-0.39, 0.29) is 11.5 Å². The fourth-order valence-electron chi connectivity index (χ4n) is 4.70. The Balaban J connectivity index is 0.000000220. The molecule has 2 aliphatic rings. The van der Waals surface area contributed by atoms with Gasteiger partial charge in [0, 0.05) is 29.1 Å². The molecule has 2 unspecified atom stereocenters.